The third-order valence-corrected chi connectivity index (χ3v) is 3.13. The zero-order valence-corrected chi connectivity index (χ0v) is 11.8. The quantitative estimate of drug-likeness (QED) is 0.775. The molecule has 1 aliphatic rings. The Morgan fingerprint density at radius 1 is 1.45 bits per heavy atom. The lowest BCUT2D eigenvalue weighted by molar-refractivity contribution is -0.142. The van der Waals surface area contributed by atoms with Gasteiger partial charge in [0.15, 0.2) is 11.9 Å². The van der Waals surface area contributed by atoms with E-state index in [4.69, 9.17) is 4.74 Å². The maximum Gasteiger partial charge on any atom is 0.334 e. The minimum Gasteiger partial charge on any atom is -0.478 e. The van der Waals surface area contributed by atoms with Crippen LogP contribution in [0.15, 0.2) is 40.9 Å². The van der Waals surface area contributed by atoms with Crippen molar-refractivity contribution in [3.8, 4) is 0 Å². The molecule has 0 spiro atoms. The molecule has 4 nitrogen and oxygen atoms in total. The van der Waals surface area contributed by atoms with Gasteiger partial charge in [-0.15, -0.1) is 0 Å². The SMILES string of the molecule is COC(=O)[C@@H]1COC(CC/C(C)=C/c2ccccc2)=N1. The van der Waals surface area contributed by atoms with Crippen LogP contribution < -0.4 is 0 Å². The molecule has 0 bridgehead atoms. The lowest BCUT2D eigenvalue weighted by Crippen LogP contribution is -2.21. The summed E-state index contributed by atoms with van der Waals surface area (Å²) in [6.45, 7) is 2.38. The summed E-state index contributed by atoms with van der Waals surface area (Å²) < 4.78 is 10.1. The van der Waals surface area contributed by atoms with Crippen LogP contribution in [0.1, 0.15) is 25.3 Å². The molecule has 4 heteroatoms. The smallest absolute Gasteiger partial charge is 0.334 e. The molecule has 0 aliphatic carbocycles. The highest BCUT2D eigenvalue weighted by Crippen LogP contribution is 2.15. The summed E-state index contributed by atoms with van der Waals surface area (Å²) in [6.07, 6.45) is 3.72. The van der Waals surface area contributed by atoms with Crippen LogP contribution in [-0.4, -0.2) is 31.6 Å². The second kappa shape index (κ2) is 6.89. The van der Waals surface area contributed by atoms with E-state index in [0.29, 0.717) is 18.9 Å². The highest BCUT2D eigenvalue weighted by Gasteiger charge is 2.25. The summed E-state index contributed by atoms with van der Waals surface area (Å²) in [7, 11) is 1.36. The summed E-state index contributed by atoms with van der Waals surface area (Å²) in [6, 6.07) is 9.68. The van der Waals surface area contributed by atoms with E-state index >= 15 is 0 Å². The molecule has 1 aromatic carbocycles. The second-order valence-corrected chi connectivity index (χ2v) is 4.77. The van der Waals surface area contributed by atoms with Gasteiger partial charge in [-0.05, 0) is 18.9 Å². The summed E-state index contributed by atoms with van der Waals surface area (Å²) in [4.78, 5) is 15.5. The minimum atomic E-state index is -0.492. The number of rotatable bonds is 5. The van der Waals surface area contributed by atoms with Crippen molar-refractivity contribution in [2.45, 2.75) is 25.8 Å². The Kier molecular flexibility index (Phi) is 4.93. The fourth-order valence-electron chi connectivity index (χ4n) is 2.03. The predicted octanol–water partition coefficient (Wildman–Crippen LogP) is 2.84. The molecule has 20 heavy (non-hydrogen) atoms. The first-order valence-electron chi connectivity index (χ1n) is 6.68. The second-order valence-electron chi connectivity index (χ2n) is 4.77. The third kappa shape index (κ3) is 3.95. The number of benzene rings is 1. The van der Waals surface area contributed by atoms with Crippen LogP contribution in [0.5, 0.6) is 0 Å². The van der Waals surface area contributed by atoms with Crippen LogP contribution in [-0.2, 0) is 14.3 Å². The number of carbonyl (C=O) groups is 1. The van der Waals surface area contributed by atoms with Crippen molar-refractivity contribution in [3.63, 3.8) is 0 Å². The standard InChI is InChI=1S/C16H19NO3/c1-12(10-13-6-4-3-5-7-13)8-9-15-17-14(11-20-15)16(18)19-2/h3-7,10,14H,8-9,11H2,1-2H3/b12-10+/t14-/m0/s1. The largest absolute Gasteiger partial charge is 0.478 e. The first-order chi connectivity index (χ1) is 9.69. The number of nitrogens with zero attached hydrogens (tertiary/aromatic N) is 1. The normalized spacial score (nSPS) is 18.4. The molecular weight excluding hydrogens is 254 g/mol. The average Bonchev–Trinajstić information content (AvgIpc) is 2.94. The maximum atomic E-state index is 11.3. The van der Waals surface area contributed by atoms with Gasteiger partial charge in [0.05, 0.1) is 7.11 Å². The number of allylic oxidation sites excluding steroid dienone is 1. The van der Waals surface area contributed by atoms with E-state index in [2.05, 4.69) is 34.9 Å². The Morgan fingerprint density at radius 2 is 2.20 bits per heavy atom. The van der Waals surface area contributed by atoms with Crippen LogP contribution in [0.3, 0.4) is 0 Å². The van der Waals surface area contributed by atoms with Crippen molar-refractivity contribution in [2.75, 3.05) is 13.7 Å². The van der Waals surface area contributed by atoms with Crippen LogP contribution >= 0.6 is 0 Å². The van der Waals surface area contributed by atoms with Gasteiger partial charge in [0.2, 0.25) is 0 Å². The maximum absolute atomic E-state index is 11.3. The van der Waals surface area contributed by atoms with Crippen LogP contribution in [0.4, 0.5) is 0 Å². The lowest BCUT2D eigenvalue weighted by Gasteiger charge is -2.02. The molecule has 0 amide bonds. The summed E-state index contributed by atoms with van der Waals surface area (Å²) in [5.74, 6) is 0.303. The number of aliphatic imine (C=N–C) groups is 1. The molecule has 1 heterocycles. The molecule has 0 aromatic heterocycles. The van der Waals surface area contributed by atoms with Gasteiger partial charge >= 0.3 is 5.97 Å². The van der Waals surface area contributed by atoms with Crippen molar-refractivity contribution >= 4 is 17.9 Å². The van der Waals surface area contributed by atoms with Gasteiger partial charge in [-0.1, -0.05) is 42.0 Å². The number of hydrogen-bond donors (Lipinski definition) is 0. The lowest BCUT2D eigenvalue weighted by atomic mass is 10.1. The van der Waals surface area contributed by atoms with E-state index < -0.39 is 6.04 Å². The first-order valence-corrected chi connectivity index (χ1v) is 6.68. The Labute approximate surface area is 119 Å². The van der Waals surface area contributed by atoms with Gasteiger partial charge < -0.3 is 9.47 Å². The summed E-state index contributed by atoms with van der Waals surface area (Å²) in [5, 5.41) is 0. The minimum absolute atomic E-state index is 0.295. The van der Waals surface area contributed by atoms with E-state index in [1.165, 1.54) is 18.2 Å². The van der Waals surface area contributed by atoms with E-state index in [1.54, 1.807) is 0 Å². The first kappa shape index (κ1) is 14.3. The predicted molar refractivity (Wildman–Crippen MR) is 78.5 cm³/mol. The Balaban J connectivity index is 1.87. The van der Waals surface area contributed by atoms with Gasteiger partial charge in [-0.2, -0.15) is 0 Å². The molecule has 1 atom stereocenters. The average molecular weight is 273 g/mol. The molecular formula is C16H19NO3. The molecule has 1 aromatic rings. The fourth-order valence-corrected chi connectivity index (χ4v) is 2.03. The number of carbonyl (C=O) groups excluding carboxylic acids is 1. The van der Waals surface area contributed by atoms with Crippen LogP contribution in [0.25, 0.3) is 6.08 Å². The van der Waals surface area contributed by atoms with Gasteiger partial charge in [0.25, 0.3) is 0 Å². The van der Waals surface area contributed by atoms with Crippen molar-refractivity contribution in [3.05, 3.63) is 41.5 Å². The van der Waals surface area contributed by atoms with Crippen molar-refractivity contribution in [2.24, 2.45) is 4.99 Å². The van der Waals surface area contributed by atoms with Crippen molar-refractivity contribution in [1.29, 1.82) is 0 Å². The summed E-state index contributed by atoms with van der Waals surface area (Å²) >= 11 is 0. The monoisotopic (exact) mass is 273 g/mol. The van der Waals surface area contributed by atoms with Crippen molar-refractivity contribution in [1.82, 2.24) is 0 Å². The molecule has 0 unspecified atom stereocenters. The van der Waals surface area contributed by atoms with E-state index in [9.17, 15) is 4.79 Å². The highest BCUT2D eigenvalue weighted by atomic mass is 16.5. The molecule has 0 saturated carbocycles. The van der Waals surface area contributed by atoms with Crippen LogP contribution in [0, 0.1) is 0 Å². The Hall–Kier alpha value is -2.10. The summed E-state index contributed by atoms with van der Waals surface area (Å²) in [5.41, 5.74) is 2.44. The fraction of sp³-hybridized carbons (Fsp3) is 0.375. The number of hydrogen-bond acceptors (Lipinski definition) is 4. The zero-order valence-electron chi connectivity index (χ0n) is 11.8. The van der Waals surface area contributed by atoms with Gasteiger partial charge in [-0.3, -0.25) is 0 Å². The Bertz CT molecular complexity index is 520. The molecule has 0 fully saturated rings. The van der Waals surface area contributed by atoms with E-state index in [0.717, 1.165) is 6.42 Å². The topological polar surface area (TPSA) is 47.9 Å². The molecule has 0 N–H and O–H groups in total. The molecule has 2 rings (SSSR count). The van der Waals surface area contributed by atoms with Crippen molar-refractivity contribution < 1.29 is 14.3 Å². The van der Waals surface area contributed by atoms with Gasteiger partial charge in [-0.25, -0.2) is 9.79 Å². The van der Waals surface area contributed by atoms with Crippen LogP contribution in [0.2, 0.25) is 0 Å². The molecule has 0 saturated heterocycles. The highest BCUT2D eigenvalue weighted by molar-refractivity contribution is 5.85. The Morgan fingerprint density at radius 3 is 2.90 bits per heavy atom. The number of ether oxygens (including phenoxy) is 2. The zero-order chi connectivity index (χ0) is 14.4. The van der Waals surface area contributed by atoms with E-state index in [1.807, 2.05) is 18.2 Å². The molecule has 0 radical (unpaired) electrons. The third-order valence-electron chi connectivity index (χ3n) is 3.13. The molecule has 1 aliphatic heterocycles. The molecule has 106 valence electrons. The van der Waals surface area contributed by atoms with E-state index in [-0.39, 0.29) is 5.97 Å². The van der Waals surface area contributed by atoms with Gasteiger partial charge in [0.1, 0.15) is 6.61 Å². The number of methoxy groups -OCH3 is 1. The number of esters is 1. The van der Waals surface area contributed by atoms with Gasteiger partial charge in [0, 0.05) is 6.42 Å².